The summed E-state index contributed by atoms with van der Waals surface area (Å²) < 4.78 is 0. The van der Waals surface area contributed by atoms with Crippen molar-refractivity contribution in [3.05, 3.63) is 22.4 Å². The lowest BCUT2D eigenvalue weighted by atomic mass is 9.73. The Kier molecular flexibility index (Phi) is 3.91. The zero-order valence-electron chi connectivity index (χ0n) is 11.0. The highest BCUT2D eigenvalue weighted by atomic mass is 32.1. The van der Waals surface area contributed by atoms with E-state index in [1.807, 2.05) is 11.4 Å². The number of aliphatic hydroxyl groups is 1. The minimum Gasteiger partial charge on any atom is -0.386 e. The van der Waals surface area contributed by atoms with Crippen LogP contribution in [0, 0.1) is 5.92 Å². The number of thiophene rings is 1. The van der Waals surface area contributed by atoms with Crippen molar-refractivity contribution in [3.8, 4) is 0 Å². The van der Waals surface area contributed by atoms with E-state index >= 15 is 0 Å². The van der Waals surface area contributed by atoms with Crippen LogP contribution in [-0.2, 0) is 0 Å². The fourth-order valence-electron chi connectivity index (χ4n) is 2.94. The predicted molar refractivity (Wildman–Crippen MR) is 73.3 cm³/mol. The standard InChI is InChI=1S/C14H23NOS/c1-11-6-8-14(9-7-11,15(2)3)13(16)12-5-4-10-17-12/h4-5,10-11,13,16H,6-9H2,1-3H3. The molecule has 1 unspecified atom stereocenters. The molecule has 0 spiro atoms. The third-order valence-corrected chi connectivity index (χ3v) is 5.28. The summed E-state index contributed by atoms with van der Waals surface area (Å²) in [5.41, 5.74) is -0.0582. The highest BCUT2D eigenvalue weighted by Gasteiger charge is 2.43. The highest BCUT2D eigenvalue weighted by molar-refractivity contribution is 7.10. The maximum absolute atomic E-state index is 10.7. The van der Waals surface area contributed by atoms with Crippen molar-refractivity contribution in [1.29, 1.82) is 0 Å². The maximum atomic E-state index is 10.7. The molecule has 1 aromatic heterocycles. The van der Waals surface area contributed by atoms with Gasteiger partial charge in [0.15, 0.2) is 0 Å². The van der Waals surface area contributed by atoms with Gasteiger partial charge in [-0.15, -0.1) is 11.3 Å². The molecule has 1 N–H and O–H groups in total. The van der Waals surface area contributed by atoms with Crippen molar-refractivity contribution in [3.63, 3.8) is 0 Å². The first-order valence-corrected chi connectivity index (χ1v) is 7.33. The van der Waals surface area contributed by atoms with Gasteiger partial charge in [-0.3, -0.25) is 0 Å². The van der Waals surface area contributed by atoms with Gasteiger partial charge in [0.25, 0.3) is 0 Å². The topological polar surface area (TPSA) is 23.5 Å². The second-order valence-electron chi connectivity index (χ2n) is 5.60. The molecule has 0 bridgehead atoms. The number of nitrogens with zero attached hydrogens (tertiary/aromatic N) is 1. The van der Waals surface area contributed by atoms with Crippen LogP contribution in [0.2, 0.25) is 0 Å². The van der Waals surface area contributed by atoms with E-state index in [0.29, 0.717) is 0 Å². The van der Waals surface area contributed by atoms with Crippen molar-refractivity contribution >= 4 is 11.3 Å². The van der Waals surface area contributed by atoms with Crippen LogP contribution in [0.25, 0.3) is 0 Å². The summed E-state index contributed by atoms with van der Waals surface area (Å²) in [6, 6.07) is 4.08. The lowest BCUT2D eigenvalue weighted by molar-refractivity contribution is -0.0390. The smallest absolute Gasteiger partial charge is 0.106 e. The van der Waals surface area contributed by atoms with Crippen LogP contribution >= 0.6 is 11.3 Å². The molecule has 0 radical (unpaired) electrons. The number of likely N-dealkylation sites (N-methyl/N-ethyl adjacent to an activating group) is 1. The largest absolute Gasteiger partial charge is 0.386 e. The zero-order valence-corrected chi connectivity index (χ0v) is 11.8. The van der Waals surface area contributed by atoms with E-state index in [-0.39, 0.29) is 11.6 Å². The normalized spacial score (nSPS) is 31.7. The highest BCUT2D eigenvalue weighted by Crippen LogP contribution is 2.44. The lowest BCUT2D eigenvalue weighted by Crippen LogP contribution is -2.51. The molecule has 1 aliphatic carbocycles. The van der Waals surface area contributed by atoms with Crippen LogP contribution in [0.4, 0.5) is 0 Å². The van der Waals surface area contributed by atoms with Crippen molar-refractivity contribution in [1.82, 2.24) is 4.90 Å². The first-order chi connectivity index (χ1) is 8.06. The minimum absolute atomic E-state index is 0.0582. The predicted octanol–water partition coefficient (Wildman–Crippen LogP) is 3.29. The SMILES string of the molecule is CC1CCC(C(O)c2cccs2)(N(C)C)CC1. The van der Waals surface area contributed by atoms with Crippen LogP contribution in [0.1, 0.15) is 43.6 Å². The molecule has 0 aromatic carbocycles. The van der Waals surface area contributed by atoms with Gasteiger partial charge in [0.05, 0.1) is 5.54 Å². The van der Waals surface area contributed by atoms with Crippen molar-refractivity contribution in [2.24, 2.45) is 5.92 Å². The summed E-state index contributed by atoms with van der Waals surface area (Å²) >= 11 is 1.66. The van der Waals surface area contributed by atoms with E-state index in [1.165, 1.54) is 12.8 Å². The second kappa shape index (κ2) is 5.09. The fraction of sp³-hybridized carbons (Fsp3) is 0.714. The molecule has 1 aliphatic rings. The minimum atomic E-state index is -0.343. The average molecular weight is 253 g/mol. The average Bonchev–Trinajstić information content (AvgIpc) is 2.82. The molecular formula is C14H23NOS. The van der Waals surface area contributed by atoms with Gasteiger partial charge in [-0.05, 0) is 57.1 Å². The Labute approximate surface area is 108 Å². The Morgan fingerprint density at radius 2 is 2.06 bits per heavy atom. The Hall–Kier alpha value is -0.380. The fourth-order valence-corrected chi connectivity index (χ4v) is 3.76. The van der Waals surface area contributed by atoms with E-state index < -0.39 is 0 Å². The molecule has 1 saturated carbocycles. The molecule has 1 heterocycles. The monoisotopic (exact) mass is 253 g/mol. The van der Waals surface area contributed by atoms with E-state index in [1.54, 1.807) is 11.3 Å². The van der Waals surface area contributed by atoms with Crippen LogP contribution in [-0.4, -0.2) is 29.6 Å². The number of aliphatic hydroxyl groups excluding tert-OH is 1. The summed E-state index contributed by atoms with van der Waals surface area (Å²) in [4.78, 5) is 3.34. The van der Waals surface area contributed by atoms with Crippen LogP contribution in [0.5, 0.6) is 0 Å². The van der Waals surface area contributed by atoms with E-state index in [9.17, 15) is 5.11 Å². The second-order valence-corrected chi connectivity index (χ2v) is 6.58. The van der Waals surface area contributed by atoms with Gasteiger partial charge >= 0.3 is 0 Å². The first-order valence-electron chi connectivity index (χ1n) is 6.45. The number of rotatable bonds is 3. The third kappa shape index (κ3) is 2.42. The molecule has 0 amide bonds. The van der Waals surface area contributed by atoms with Gasteiger partial charge in [-0.25, -0.2) is 0 Å². The van der Waals surface area contributed by atoms with Gasteiger partial charge in [-0.2, -0.15) is 0 Å². The molecule has 1 fully saturated rings. The molecule has 1 aromatic rings. The first kappa shape index (κ1) is 13.1. The quantitative estimate of drug-likeness (QED) is 0.893. The van der Waals surface area contributed by atoms with Crippen molar-refractivity contribution in [2.45, 2.75) is 44.2 Å². The number of hydrogen-bond donors (Lipinski definition) is 1. The van der Waals surface area contributed by atoms with Gasteiger partial charge in [-0.1, -0.05) is 13.0 Å². The van der Waals surface area contributed by atoms with Gasteiger partial charge in [0.1, 0.15) is 6.10 Å². The van der Waals surface area contributed by atoms with E-state index in [4.69, 9.17) is 0 Å². The molecule has 17 heavy (non-hydrogen) atoms. The summed E-state index contributed by atoms with van der Waals surface area (Å²) in [7, 11) is 4.21. The summed E-state index contributed by atoms with van der Waals surface area (Å²) in [6.45, 7) is 2.32. The van der Waals surface area contributed by atoms with E-state index in [2.05, 4.69) is 32.0 Å². The summed E-state index contributed by atoms with van der Waals surface area (Å²) in [5.74, 6) is 0.804. The summed E-state index contributed by atoms with van der Waals surface area (Å²) in [5, 5.41) is 12.8. The molecule has 2 rings (SSSR count). The molecular weight excluding hydrogens is 230 g/mol. The van der Waals surface area contributed by atoms with Crippen molar-refractivity contribution in [2.75, 3.05) is 14.1 Å². The van der Waals surface area contributed by atoms with Crippen LogP contribution < -0.4 is 0 Å². The Morgan fingerprint density at radius 1 is 1.41 bits per heavy atom. The Morgan fingerprint density at radius 3 is 2.53 bits per heavy atom. The van der Waals surface area contributed by atoms with Gasteiger partial charge in [0.2, 0.25) is 0 Å². The van der Waals surface area contributed by atoms with Gasteiger partial charge in [0, 0.05) is 4.88 Å². The van der Waals surface area contributed by atoms with Crippen LogP contribution in [0.3, 0.4) is 0 Å². The molecule has 0 saturated heterocycles. The molecule has 1 atom stereocenters. The number of hydrogen-bond acceptors (Lipinski definition) is 3. The zero-order chi connectivity index (χ0) is 12.5. The molecule has 2 nitrogen and oxygen atoms in total. The van der Waals surface area contributed by atoms with E-state index in [0.717, 1.165) is 23.6 Å². The van der Waals surface area contributed by atoms with Crippen LogP contribution in [0.15, 0.2) is 17.5 Å². The maximum Gasteiger partial charge on any atom is 0.106 e. The van der Waals surface area contributed by atoms with Crippen molar-refractivity contribution < 1.29 is 5.11 Å². The third-order valence-electron chi connectivity index (χ3n) is 4.35. The summed E-state index contributed by atoms with van der Waals surface area (Å²) in [6.07, 6.45) is 4.30. The lowest BCUT2D eigenvalue weighted by Gasteiger charge is -2.47. The molecule has 96 valence electrons. The molecule has 0 aliphatic heterocycles. The molecule has 3 heteroatoms. The van der Waals surface area contributed by atoms with Gasteiger partial charge < -0.3 is 10.0 Å². The Bertz CT molecular complexity index is 339. The Balaban J connectivity index is 2.22.